The molecule has 2 rings (SSSR count). The largest absolute Gasteiger partial charge is 0.282 e. The lowest BCUT2D eigenvalue weighted by atomic mass is 10.2. The Morgan fingerprint density at radius 2 is 1.84 bits per heavy atom. The topological polar surface area (TPSA) is 40.6 Å². The fourth-order valence-corrected chi connectivity index (χ4v) is 3.66. The molecule has 0 saturated carbocycles. The van der Waals surface area contributed by atoms with Crippen molar-refractivity contribution in [1.29, 1.82) is 0 Å². The summed E-state index contributed by atoms with van der Waals surface area (Å²) in [5.41, 5.74) is 0.394. The van der Waals surface area contributed by atoms with E-state index in [0.717, 1.165) is 19.3 Å². The Bertz CT molecular complexity index is 527. The van der Waals surface area contributed by atoms with Gasteiger partial charge in [0.2, 0.25) is 0 Å². The molecule has 0 atom stereocenters. The van der Waals surface area contributed by atoms with Crippen LogP contribution in [0.3, 0.4) is 0 Å². The van der Waals surface area contributed by atoms with E-state index in [0.29, 0.717) is 18.7 Å². The Hall–Kier alpha value is -0.980. The molecule has 1 heterocycles. The molecule has 1 aromatic carbocycles. The standard InChI is InChI=1S/C13H19FN2O2S/c1-15(11-12-7-3-4-8-13(12)14)19(17,18)16-9-5-2-6-10-16/h3-4,7-8H,2,5-6,9-11H2,1H3. The van der Waals surface area contributed by atoms with Gasteiger partial charge in [-0.15, -0.1) is 0 Å². The summed E-state index contributed by atoms with van der Waals surface area (Å²) in [6, 6.07) is 6.26. The lowest BCUT2D eigenvalue weighted by Crippen LogP contribution is -2.44. The molecule has 0 spiro atoms. The van der Waals surface area contributed by atoms with E-state index in [-0.39, 0.29) is 12.4 Å². The number of piperidine rings is 1. The number of hydrogen-bond acceptors (Lipinski definition) is 2. The summed E-state index contributed by atoms with van der Waals surface area (Å²) in [6.07, 6.45) is 2.86. The number of nitrogens with zero attached hydrogens (tertiary/aromatic N) is 2. The first-order valence-electron chi connectivity index (χ1n) is 6.46. The second-order valence-electron chi connectivity index (χ2n) is 4.81. The van der Waals surface area contributed by atoms with Crippen LogP contribution in [-0.2, 0) is 16.8 Å². The van der Waals surface area contributed by atoms with Crippen molar-refractivity contribution in [3.63, 3.8) is 0 Å². The zero-order chi connectivity index (χ0) is 13.9. The summed E-state index contributed by atoms with van der Waals surface area (Å²) in [5, 5.41) is 0. The molecular weight excluding hydrogens is 267 g/mol. The van der Waals surface area contributed by atoms with E-state index in [1.54, 1.807) is 18.2 Å². The van der Waals surface area contributed by atoms with Gasteiger partial charge in [0.05, 0.1) is 0 Å². The lowest BCUT2D eigenvalue weighted by Gasteiger charge is -2.30. The maximum Gasteiger partial charge on any atom is 0.282 e. The van der Waals surface area contributed by atoms with Crippen LogP contribution in [0.25, 0.3) is 0 Å². The quantitative estimate of drug-likeness (QED) is 0.849. The molecule has 0 bridgehead atoms. The third-order valence-corrected chi connectivity index (χ3v) is 5.32. The molecule has 1 aliphatic heterocycles. The first kappa shape index (κ1) is 14.4. The van der Waals surface area contributed by atoms with Crippen molar-refractivity contribution >= 4 is 10.2 Å². The predicted octanol–water partition coefficient (Wildman–Crippen LogP) is 1.99. The van der Waals surface area contributed by atoms with Gasteiger partial charge in [-0.05, 0) is 18.9 Å². The highest BCUT2D eigenvalue weighted by Crippen LogP contribution is 2.18. The SMILES string of the molecule is CN(Cc1ccccc1F)S(=O)(=O)N1CCCCC1. The van der Waals surface area contributed by atoms with E-state index < -0.39 is 10.2 Å². The minimum Gasteiger partial charge on any atom is -0.207 e. The summed E-state index contributed by atoms with van der Waals surface area (Å²) in [7, 11) is -1.98. The summed E-state index contributed by atoms with van der Waals surface area (Å²) in [4.78, 5) is 0. The molecule has 106 valence electrons. The van der Waals surface area contributed by atoms with Crippen LogP contribution >= 0.6 is 0 Å². The molecule has 19 heavy (non-hydrogen) atoms. The smallest absolute Gasteiger partial charge is 0.207 e. The third kappa shape index (κ3) is 3.32. The number of halogens is 1. The van der Waals surface area contributed by atoms with Crippen LogP contribution in [0.4, 0.5) is 4.39 Å². The first-order chi connectivity index (χ1) is 9.01. The Morgan fingerprint density at radius 1 is 1.21 bits per heavy atom. The van der Waals surface area contributed by atoms with Gasteiger partial charge in [-0.1, -0.05) is 24.6 Å². The highest BCUT2D eigenvalue weighted by molar-refractivity contribution is 7.86. The molecule has 1 aliphatic rings. The van der Waals surface area contributed by atoms with Gasteiger partial charge in [-0.3, -0.25) is 0 Å². The van der Waals surface area contributed by atoms with E-state index in [1.165, 1.54) is 21.7 Å². The average Bonchev–Trinajstić information content (AvgIpc) is 2.42. The molecular formula is C13H19FN2O2S. The van der Waals surface area contributed by atoms with Gasteiger partial charge < -0.3 is 0 Å². The van der Waals surface area contributed by atoms with Gasteiger partial charge in [0.15, 0.2) is 0 Å². The third-order valence-electron chi connectivity index (χ3n) is 3.39. The van der Waals surface area contributed by atoms with Gasteiger partial charge in [-0.25, -0.2) is 4.39 Å². The second kappa shape index (κ2) is 5.98. The molecule has 0 amide bonds. The zero-order valence-electron chi connectivity index (χ0n) is 11.0. The van der Waals surface area contributed by atoms with E-state index >= 15 is 0 Å². The molecule has 1 fully saturated rings. The van der Waals surface area contributed by atoms with Crippen LogP contribution in [0.15, 0.2) is 24.3 Å². The molecule has 4 nitrogen and oxygen atoms in total. The number of benzene rings is 1. The van der Waals surface area contributed by atoms with E-state index in [1.807, 2.05) is 0 Å². The van der Waals surface area contributed by atoms with Crippen molar-refractivity contribution in [2.24, 2.45) is 0 Å². The zero-order valence-corrected chi connectivity index (χ0v) is 11.9. The lowest BCUT2D eigenvalue weighted by molar-refractivity contribution is 0.313. The highest BCUT2D eigenvalue weighted by atomic mass is 32.2. The van der Waals surface area contributed by atoms with Crippen molar-refractivity contribution in [3.05, 3.63) is 35.6 Å². The Kier molecular flexibility index (Phi) is 4.54. The summed E-state index contributed by atoms with van der Waals surface area (Å²) < 4.78 is 40.9. The van der Waals surface area contributed by atoms with Crippen LogP contribution in [0, 0.1) is 5.82 Å². The van der Waals surface area contributed by atoms with Crippen LogP contribution in [-0.4, -0.2) is 37.2 Å². The van der Waals surface area contributed by atoms with Gasteiger partial charge in [0.1, 0.15) is 5.82 Å². The molecule has 0 N–H and O–H groups in total. The van der Waals surface area contributed by atoms with E-state index in [4.69, 9.17) is 0 Å². The normalized spacial score (nSPS) is 17.8. The van der Waals surface area contributed by atoms with Crippen molar-refractivity contribution in [2.75, 3.05) is 20.1 Å². The van der Waals surface area contributed by atoms with Crippen LogP contribution in [0.1, 0.15) is 24.8 Å². The number of hydrogen-bond donors (Lipinski definition) is 0. The summed E-state index contributed by atoms with van der Waals surface area (Å²) in [5.74, 6) is -0.372. The van der Waals surface area contributed by atoms with Crippen molar-refractivity contribution in [1.82, 2.24) is 8.61 Å². The van der Waals surface area contributed by atoms with Crippen molar-refractivity contribution in [2.45, 2.75) is 25.8 Å². The molecule has 0 aromatic heterocycles. The van der Waals surface area contributed by atoms with Crippen molar-refractivity contribution in [3.8, 4) is 0 Å². The molecule has 0 aliphatic carbocycles. The monoisotopic (exact) mass is 286 g/mol. The Morgan fingerprint density at radius 3 is 2.47 bits per heavy atom. The van der Waals surface area contributed by atoms with Crippen LogP contribution < -0.4 is 0 Å². The van der Waals surface area contributed by atoms with Crippen LogP contribution in [0.5, 0.6) is 0 Å². The fraction of sp³-hybridized carbons (Fsp3) is 0.538. The summed E-state index contributed by atoms with van der Waals surface area (Å²) in [6.45, 7) is 1.18. The molecule has 1 saturated heterocycles. The van der Waals surface area contributed by atoms with Gasteiger partial charge >= 0.3 is 0 Å². The van der Waals surface area contributed by atoms with E-state index in [2.05, 4.69) is 0 Å². The fourth-order valence-electron chi connectivity index (χ4n) is 2.24. The van der Waals surface area contributed by atoms with Crippen molar-refractivity contribution < 1.29 is 12.8 Å². The number of rotatable bonds is 4. The maximum absolute atomic E-state index is 13.5. The predicted molar refractivity (Wildman–Crippen MR) is 72.2 cm³/mol. The van der Waals surface area contributed by atoms with Gasteiger partial charge in [-0.2, -0.15) is 17.0 Å². The molecule has 6 heteroatoms. The first-order valence-corrected chi connectivity index (χ1v) is 7.86. The van der Waals surface area contributed by atoms with E-state index in [9.17, 15) is 12.8 Å². The summed E-state index contributed by atoms with van der Waals surface area (Å²) >= 11 is 0. The molecule has 0 unspecified atom stereocenters. The highest BCUT2D eigenvalue weighted by Gasteiger charge is 2.28. The van der Waals surface area contributed by atoms with Crippen LogP contribution in [0.2, 0.25) is 0 Å². The molecule has 1 aromatic rings. The minimum atomic E-state index is -3.48. The molecule has 0 radical (unpaired) electrons. The average molecular weight is 286 g/mol. The minimum absolute atomic E-state index is 0.0610. The maximum atomic E-state index is 13.5. The Balaban J connectivity index is 2.10. The van der Waals surface area contributed by atoms with Gasteiger partial charge in [0.25, 0.3) is 10.2 Å². The Labute approximate surface area is 114 Å². The van der Waals surface area contributed by atoms with Gasteiger partial charge in [0, 0.05) is 32.2 Å². The second-order valence-corrected chi connectivity index (χ2v) is 6.85.